The number of aliphatic imine (C=N–C) groups is 1. The van der Waals surface area contributed by atoms with Crippen LogP contribution in [0.3, 0.4) is 0 Å². The van der Waals surface area contributed by atoms with Gasteiger partial charge in [0.15, 0.2) is 5.17 Å². The van der Waals surface area contributed by atoms with Crippen molar-refractivity contribution in [3.8, 4) is 5.75 Å². The van der Waals surface area contributed by atoms with Crippen LogP contribution in [0.25, 0.3) is 6.08 Å². The maximum atomic E-state index is 13.0. The van der Waals surface area contributed by atoms with Crippen LogP contribution in [0.1, 0.15) is 12.5 Å². The molecule has 2 saturated heterocycles. The fraction of sp³-hybridized carbons (Fsp3) is 0.304. The molecule has 2 aliphatic rings. The van der Waals surface area contributed by atoms with Crippen LogP contribution in [0.2, 0.25) is 0 Å². The molecule has 4 rings (SSSR count). The van der Waals surface area contributed by atoms with Crippen LogP contribution in [0, 0.1) is 10.1 Å². The SMILES string of the molecule is CCN1C(=O)/C(=C/c2ccc(N3CCOCC3)c([N+](=O)[O-])c2)SC1=Nc1ccc(OC)cc1. The molecular weight excluding hydrogens is 444 g/mol. The molecule has 0 atom stereocenters. The number of hydrogen-bond acceptors (Lipinski definition) is 8. The number of ether oxygens (including phenoxy) is 2. The number of nitro benzene ring substituents is 1. The summed E-state index contributed by atoms with van der Waals surface area (Å²) in [6.07, 6.45) is 1.68. The number of thioether (sulfide) groups is 1. The molecule has 0 N–H and O–H groups in total. The van der Waals surface area contributed by atoms with Gasteiger partial charge in [-0.1, -0.05) is 6.07 Å². The van der Waals surface area contributed by atoms with Gasteiger partial charge in [0.2, 0.25) is 0 Å². The molecule has 0 unspecified atom stereocenters. The van der Waals surface area contributed by atoms with Gasteiger partial charge in [-0.05, 0) is 60.7 Å². The maximum absolute atomic E-state index is 13.0. The predicted molar refractivity (Wildman–Crippen MR) is 129 cm³/mol. The monoisotopic (exact) mass is 468 g/mol. The van der Waals surface area contributed by atoms with Crippen molar-refractivity contribution in [2.75, 3.05) is 44.9 Å². The van der Waals surface area contributed by atoms with Crippen molar-refractivity contribution in [3.05, 3.63) is 63.0 Å². The number of amides is 1. The molecule has 0 aromatic heterocycles. The predicted octanol–water partition coefficient (Wildman–Crippen LogP) is 4.06. The minimum atomic E-state index is -0.384. The van der Waals surface area contributed by atoms with E-state index in [9.17, 15) is 14.9 Å². The molecule has 0 bridgehead atoms. The summed E-state index contributed by atoms with van der Waals surface area (Å²) in [5.74, 6) is 0.554. The van der Waals surface area contributed by atoms with E-state index < -0.39 is 0 Å². The van der Waals surface area contributed by atoms with Gasteiger partial charge in [0.25, 0.3) is 11.6 Å². The average molecular weight is 469 g/mol. The van der Waals surface area contributed by atoms with Crippen LogP contribution in [-0.2, 0) is 9.53 Å². The highest BCUT2D eigenvalue weighted by atomic mass is 32.2. The second kappa shape index (κ2) is 10.1. The zero-order chi connectivity index (χ0) is 23.4. The number of nitro groups is 1. The number of morpholine rings is 1. The molecule has 33 heavy (non-hydrogen) atoms. The van der Waals surface area contributed by atoms with Crippen molar-refractivity contribution >= 4 is 46.0 Å². The molecule has 2 aromatic carbocycles. The minimum absolute atomic E-state index is 0.0150. The number of benzene rings is 2. The Morgan fingerprint density at radius 2 is 1.94 bits per heavy atom. The Balaban J connectivity index is 1.62. The van der Waals surface area contributed by atoms with E-state index in [-0.39, 0.29) is 16.5 Å². The number of carbonyl (C=O) groups is 1. The first-order chi connectivity index (χ1) is 16.0. The van der Waals surface area contributed by atoms with Gasteiger partial charge < -0.3 is 14.4 Å². The van der Waals surface area contributed by atoms with Crippen molar-refractivity contribution in [2.45, 2.75) is 6.92 Å². The van der Waals surface area contributed by atoms with Gasteiger partial charge in [0.1, 0.15) is 11.4 Å². The second-order valence-corrected chi connectivity index (χ2v) is 8.37. The number of anilines is 1. The third-order valence-corrected chi connectivity index (χ3v) is 6.35. The minimum Gasteiger partial charge on any atom is -0.497 e. The molecule has 0 radical (unpaired) electrons. The summed E-state index contributed by atoms with van der Waals surface area (Å²) >= 11 is 1.26. The van der Waals surface area contributed by atoms with Crippen molar-refractivity contribution in [3.63, 3.8) is 0 Å². The van der Waals surface area contributed by atoms with E-state index in [1.807, 2.05) is 36.1 Å². The molecule has 2 heterocycles. The van der Waals surface area contributed by atoms with Gasteiger partial charge in [-0.15, -0.1) is 0 Å². The Labute approximate surface area is 195 Å². The summed E-state index contributed by atoms with van der Waals surface area (Å²) in [5.41, 5.74) is 1.88. The van der Waals surface area contributed by atoms with Gasteiger partial charge >= 0.3 is 0 Å². The number of hydrogen-bond donors (Lipinski definition) is 0. The second-order valence-electron chi connectivity index (χ2n) is 7.36. The van der Waals surface area contributed by atoms with E-state index in [1.54, 1.807) is 30.2 Å². The van der Waals surface area contributed by atoms with Gasteiger partial charge in [0.05, 0.1) is 35.8 Å². The third-order valence-electron chi connectivity index (χ3n) is 5.35. The molecule has 0 aliphatic carbocycles. The zero-order valence-corrected chi connectivity index (χ0v) is 19.2. The van der Waals surface area contributed by atoms with Gasteiger partial charge in [-0.25, -0.2) is 4.99 Å². The van der Waals surface area contributed by atoms with Crippen LogP contribution in [0.15, 0.2) is 52.4 Å². The van der Waals surface area contributed by atoms with E-state index in [0.29, 0.717) is 59.9 Å². The standard InChI is InChI=1S/C23H24N4O5S/c1-3-26-22(28)21(33-23(26)24-17-5-7-18(31-2)8-6-17)15-16-4-9-19(20(14-16)27(29)30)25-10-12-32-13-11-25/h4-9,14-15H,3,10-13H2,1-2H3/b21-15-,24-23?. The Morgan fingerprint density at radius 1 is 1.21 bits per heavy atom. The normalized spacial score (nSPS) is 18.9. The molecule has 0 spiro atoms. The first-order valence-electron chi connectivity index (χ1n) is 10.6. The number of likely N-dealkylation sites (N-methyl/N-ethyl adjacent to an activating group) is 1. The maximum Gasteiger partial charge on any atom is 0.293 e. The highest BCUT2D eigenvalue weighted by molar-refractivity contribution is 8.18. The van der Waals surface area contributed by atoms with Crippen LogP contribution >= 0.6 is 11.8 Å². The highest BCUT2D eigenvalue weighted by Crippen LogP contribution is 2.36. The molecular formula is C23H24N4O5S. The highest BCUT2D eigenvalue weighted by Gasteiger charge is 2.32. The lowest BCUT2D eigenvalue weighted by Crippen LogP contribution is -2.36. The van der Waals surface area contributed by atoms with E-state index >= 15 is 0 Å². The van der Waals surface area contributed by atoms with Gasteiger partial charge in [-0.3, -0.25) is 19.8 Å². The number of rotatable bonds is 6. The van der Waals surface area contributed by atoms with E-state index in [0.717, 1.165) is 5.75 Å². The van der Waals surface area contributed by atoms with E-state index in [2.05, 4.69) is 4.99 Å². The smallest absolute Gasteiger partial charge is 0.293 e. The molecule has 9 nitrogen and oxygen atoms in total. The van der Waals surface area contributed by atoms with Gasteiger partial charge in [-0.2, -0.15) is 0 Å². The Bertz CT molecular complexity index is 1110. The lowest BCUT2D eigenvalue weighted by molar-refractivity contribution is -0.384. The number of carbonyl (C=O) groups excluding carboxylic acids is 1. The van der Waals surface area contributed by atoms with E-state index in [4.69, 9.17) is 9.47 Å². The van der Waals surface area contributed by atoms with Crippen LogP contribution in [-0.4, -0.2) is 60.9 Å². The summed E-state index contributed by atoms with van der Waals surface area (Å²) in [6, 6.07) is 12.3. The molecule has 1 amide bonds. The lowest BCUT2D eigenvalue weighted by atomic mass is 10.1. The Hall–Kier alpha value is -3.37. The third kappa shape index (κ3) is 5.01. The average Bonchev–Trinajstić information content (AvgIpc) is 3.13. The molecule has 172 valence electrons. The fourth-order valence-corrected chi connectivity index (χ4v) is 4.70. The first kappa shape index (κ1) is 22.8. The molecule has 2 aromatic rings. The summed E-state index contributed by atoms with van der Waals surface area (Å²) in [5, 5.41) is 12.3. The van der Waals surface area contributed by atoms with Gasteiger partial charge in [0, 0.05) is 25.7 Å². The zero-order valence-electron chi connectivity index (χ0n) is 18.4. The summed E-state index contributed by atoms with van der Waals surface area (Å²) in [7, 11) is 1.60. The molecule has 10 heteroatoms. The fourth-order valence-electron chi connectivity index (χ4n) is 3.64. The summed E-state index contributed by atoms with van der Waals surface area (Å²) in [6.45, 7) is 4.63. The largest absolute Gasteiger partial charge is 0.497 e. The summed E-state index contributed by atoms with van der Waals surface area (Å²) in [4.78, 5) is 32.9. The number of methoxy groups -OCH3 is 1. The molecule has 2 fully saturated rings. The Kier molecular flexibility index (Phi) is 6.95. The topological polar surface area (TPSA) is 97.5 Å². The van der Waals surface area contributed by atoms with E-state index in [1.165, 1.54) is 17.8 Å². The molecule has 2 aliphatic heterocycles. The van der Waals surface area contributed by atoms with Crippen molar-refractivity contribution in [2.24, 2.45) is 4.99 Å². The Morgan fingerprint density at radius 3 is 2.58 bits per heavy atom. The van der Waals surface area contributed by atoms with Crippen molar-refractivity contribution in [1.29, 1.82) is 0 Å². The van der Waals surface area contributed by atoms with Crippen LogP contribution in [0.5, 0.6) is 5.75 Å². The number of nitrogens with zero attached hydrogens (tertiary/aromatic N) is 4. The van der Waals surface area contributed by atoms with Crippen LogP contribution in [0.4, 0.5) is 17.1 Å². The first-order valence-corrected chi connectivity index (χ1v) is 11.4. The van der Waals surface area contributed by atoms with Crippen molar-refractivity contribution < 1.29 is 19.2 Å². The lowest BCUT2D eigenvalue weighted by Gasteiger charge is -2.28. The summed E-state index contributed by atoms with van der Waals surface area (Å²) < 4.78 is 10.5. The van der Waals surface area contributed by atoms with Crippen molar-refractivity contribution in [1.82, 2.24) is 4.90 Å². The number of amidine groups is 1. The van der Waals surface area contributed by atoms with Crippen LogP contribution < -0.4 is 9.64 Å². The quantitative estimate of drug-likeness (QED) is 0.358. The molecule has 0 saturated carbocycles.